The Morgan fingerprint density at radius 3 is 2.72 bits per heavy atom. The molecule has 0 spiro atoms. The Morgan fingerprint density at radius 2 is 2.11 bits per heavy atom. The molecule has 18 heavy (non-hydrogen) atoms. The normalized spacial score (nSPS) is 11.3. The molecule has 3 N–H and O–H groups in total. The third-order valence-corrected chi connectivity index (χ3v) is 2.18. The third kappa shape index (κ3) is 3.60. The molecule has 2 aromatic rings. The van der Waals surface area contributed by atoms with Crippen molar-refractivity contribution in [1.82, 2.24) is 4.98 Å². The summed E-state index contributed by atoms with van der Waals surface area (Å²) in [4.78, 5) is 15.5. The summed E-state index contributed by atoms with van der Waals surface area (Å²) in [5, 5.41) is 2.69. The van der Waals surface area contributed by atoms with Gasteiger partial charge in [0.1, 0.15) is 5.52 Å². The lowest BCUT2D eigenvalue weighted by Crippen LogP contribution is -2.32. The fourth-order valence-electron chi connectivity index (χ4n) is 1.37. The van der Waals surface area contributed by atoms with E-state index in [0.29, 0.717) is 17.2 Å². The first kappa shape index (κ1) is 16.7. The van der Waals surface area contributed by atoms with Crippen LogP contribution in [0.25, 0.3) is 11.1 Å². The van der Waals surface area contributed by atoms with Crippen molar-refractivity contribution in [2.75, 3.05) is 5.32 Å². The first-order chi connectivity index (χ1) is 7.56. The number of carbonyl (C=O) groups excluding carboxylic acids is 1. The Balaban J connectivity index is 0.00000144. The summed E-state index contributed by atoms with van der Waals surface area (Å²) in [5.41, 5.74) is 7.54. The number of nitrogens with two attached hydrogens (primary N) is 1. The van der Waals surface area contributed by atoms with Crippen molar-refractivity contribution in [2.45, 2.75) is 19.9 Å². The molecular formula is C11H15Cl2N3O2. The number of nitrogens with zero attached hydrogens (tertiary/aromatic N) is 1. The predicted octanol–water partition coefficient (Wildman–Crippen LogP) is 2.27. The van der Waals surface area contributed by atoms with Crippen LogP contribution >= 0.6 is 24.8 Å². The van der Waals surface area contributed by atoms with Gasteiger partial charge in [-0.15, -0.1) is 24.8 Å². The van der Waals surface area contributed by atoms with Crippen LogP contribution in [0.3, 0.4) is 0 Å². The van der Waals surface area contributed by atoms with E-state index < -0.39 is 6.04 Å². The standard InChI is InChI=1S/C11H13N3O2.2ClH/c1-6(12)11(15)14-8-3-4-9-10(5-8)16-7(2)13-9;;/h3-6H,12H2,1-2H3,(H,14,15);2*1H/t6-;;/m1../s1. The number of aryl methyl sites for hydroxylation is 1. The molecule has 1 amide bonds. The number of halogens is 2. The minimum Gasteiger partial charge on any atom is -0.441 e. The van der Waals surface area contributed by atoms with Crippen molar-refractivity contribution in [3.05, 3.63) is 24.1 Å². The Hall–Kier alpha value is -1.30. The molecule has 1 heterocycles. The van der Waals surface area contributed by atoms with Gasteiger partial charge in [0, 0.05) is 18.7 Å². The van der Waals surface area contributed by atoms with Crippen LogP contribution in [-0.4, -0.2) is 16.9 Å². The van der Waals surface area contributed by atoms with Crippen LogP contribution in [0.2, 0.25) is 0 Å². The second-order valence-corrected chi connectivity index (χ2v) is 3.69. The average Bonchev–Trinajstić information content (AvgIpc) is 2.57. The van der Waals surface area contributed by atoms with Crippen LogP contribution in [0.5, 0.6) is 0 Å². The summed E-state index contributed by atoms with van der Waals surface area (Å²) in [6.45, 7) is 3.41. The van der Waals surface area contributed by atoms with E-state index in [0.717, 1.165) is 5.52 Å². The lowest BCUT2D eigenvalue weighted by molar-refractivity contribution is -0.117. The molecule has 5 nitrogen and oxygen atoms in total. The van der Waals surface area contributed by atoms with Gasteiger partial charge in [-0.2, -0.15) is 0 Å². The minimum absolute atomic E-state index is 0. The number of amides is 1. The third-order valence-electron chi connectivity index (χ3n) is 2.18. The molecule has 1 aromatic heterocycles. The van der Waals surface area contributed by atoms with Gasteiger partial charge in [-0.3, -0.25) is 4.79 Å². The number of hydrogen-bond donors (Lipinski definition) is 2. The summed E-state index contributed by atoms with van der Waals surface area (Å²) in [7, 11) is 0. The second-order valence-electron chi connectivity index (χ2n) is 3.69. The van der Waals surface area contributed by atoms with Gasteiger partial charge in [-0.1, -0.05) is 0 Å². The maximum Gasteiger partial charge on any atom is 0.241 e. The van der Waals surface area contributed by atoms with E-state index in [-0.39, 0.29) is 30.7 Å². The van der Waals surface area contributed by atoms with Gasteiger partial charge in [-0.25, -0.2) is 4.98 Å². The molecule has 0 aliphatic rings. The lowest BCUT2D eigenvalue weighted by atomic mass is 10.2. The van der Waals surface area contributed by atoms with E-state index >= 15 is 0 Å². The van der Waals surface area contributed by atoms with Crippen LogP contribution in [0, 0.1) is 6.92 Å². The number of carbonyl (C=O) groups is 1. The van der Waals surface area contributed by atoms with Gasteiger partial charge in [0.05, 0.1) is 6.04 Å². The van der Waals surface area contributed by atoms with E-state index in [1.807, 2.05) is 0 Å². The smallest absolute Gasteiger partial charge is 0.241 e. The van der Waals surface area contributed by atoms with Crippen LogP contribution in [0.1, 0.15) is 12.8 Å². The highest BCUT2D eigenvalue weighted by Gasteiger charge is 2.09. The second kappa shape index (κ2) is 6.58. The Labute approximate surface area is 117 Å². The zero-order chi connectivity index (χ0) is 11.7. The average molecular weight is 292 g/mol. The summed E-state index contributed by atoms with van der Waals surface area (Å²) in [6.07, 6.45) is 0. The van der Waals surface area contributed by atoms with Gasteiger partial charge in [-0.05, 0) is 19.1 Å². The summed E-state index contributed by atoms with van der Waals surface area (Å²) in [5.74, 6) is 0.376. The van der Waals surface area contributed by atoms with E-state index in [9.17, 15) is 4.79 Å². The molecule has 0 unspecified atom stereocenters. The van der Waals surface area contributed by atoms with Gasteiger partial charge < -0.3 is 15.5 Å². The first-order valence-corrected chi connectivity index (χ1v) is 5.00. The van der Waals surface area contributed by atoms with Crippen molar-refractivity contribution in [1.29, 1.82) is 0 Å². The maximum atomic E-state index is 11.4. The summed E-state index contributed by atoms with van der Waals surface area (Å²) in [6, 6.07) is 4.76. The summed E-state index contributed by atoms with van der Waals surface area (Å²) < 4.78 is 5.36. The molecule has 2 rings (SSSR count). The van der Waals surface area contributed by atoms with Gasteiger partial charge in [0.25, 0.3) is 0 Å². The maximum absolute atomic E-state index is 11.4. The number of oxazole rings is 1. The number of benzene rings is 1. The number of rotatable bonds is 2. The van der Waals surface area contributed by atoms with Gasteiger partial charge >= 0.3 is 0 Å². The Bertz CT molecular complexity index is 540. The fourth-order valence-corrected chi connectivity index (χ4v) is 1.37. The molecule has 0 saturated carbocycles. The minimum atomic E-state index is -0.535. The SMILES string of the molecule is Cc1nc2ccc(NC(=O)[C@@H](C)N)cc2o1.Cl.Cl. The Kier molecular flexibility index (Phi) is 6.11. The molecule has 1 aromatic carbocycles. The van der Waals surface area contributed by atoms with E-state index in [2.05, 4.69) is 10.3 Å². The zero-order valence-corrected chi connectivity index (χ0v) is 11.6. The molecule has 0 radical (unpaired) electrons. The molecular weight excluding hydrogens is 277 g/mol. The number of anilines is 1. The lowest BCUT2D eigenvalue weighted by Gasteiger charge is -2.06. The van der Waals surface area contributed by atoms with Crippen molar-refractivity contribution in [3.8, 4) is 0 Å². The summed E-state index contributed by atoms with van der Waals surface area (Å²) >= 11 is 0. The molecule has 0 fully saturated rings. The van der Waals surface area contributed by atoms with Crippen LogP contribution < -0.4 is 11.1 Å². The first-order valence-electron chi connectivity index (χ1n) is 5.00. The number of hydrogen-bond acceptors (Lipinski definition) is 4. The van der Waals surface area contributed by atoms with Crippen LogP contribution in [-0.2, 0) is 4.79 Å². The van der Waals surface area contributed by atoms with Crippen LogP contribution in [0.15, 0.2) is 22.6 Å². The largest absolute Gasteiger partial charge is 0.441 e. The Morgan fingerprint density at radius 1 is 1.44 bits per heavy atom. The van der Waals surface area contributed by atoms with Crippen molar-refractivity contribution in [3.63, 3.8) is 0 Å². The predicted molar refractivity (Wildman–Crippen MR) is 75.5 cm³/mol. The number of fused-ring (bicyclic) bond motifs is 1. The van der Waals surface area contributed by atoms with E-state index in [1.165, 1.54) is 0 Å². The molecule has 0 bridgehead atoms. The molecule has 0 saturated heterocycles. The van der Waals surface area contributed by atoms with Gasteiger partial charge in [0.2, 0.25) is 5.91 Å². The number of aromatic nitrogens is 1. The molecule has 1 atom stereocenters. The molecule has 0 aliphatic carbocycles. The molecule has 7 heteroatoms. The zero-order valence-electron chi connectivity index (χ0n) is 9.97. The molecule has 0 aliphatic heterocycles. The quantitative estimate of drug-likeness (QED) is 0.889. The highest BCUT2D eigenvalue weighted by Crippen LogP contribution is 2.19. The van der Waals surface area contributed by atoms with Crippen molar-refractivity contribution >= 4 is 47.5 Å². The monoisotopic (exact) mass is 291 g/mol. The van der Waals surface area contributed by atoms with Crippen molar-refractivity contribution in [2.24, 2.45) is 5.73 Å². The van der Waals surface area contributed by atoms with Gasteiger partial charge in [0.15, 0.2) is 11.5 Å². The number of nitrogens with one attached hydrogen (secondary N) is 1. The molecule has 100 valence electrons. The van der Waals surface area contributed by atoms with E-state index in [4.69, 9.17) is 10.2 Å². The highest BCUT2D eigenvalue weighted by atomic mass is 35.5. The fraction of sp³-hybridized carbons (Fsp3) is 0.273. The highest BCUT2D eigenvalue weighted by molar-refractivity contribution is 5.95. The van der Waals surface area contributed by atoms with E-state index in [1.54, 1.807) is 32.0 Å². The van der Waals surface area contributed by atoms with Crippen LogP contribution in [0.4, 0.5) is 5.69 Å². The van der Waals surface area contributed by atoms with Crippen molar-refractivity contribution < 1.29 is 9.21 Å². The topological polar surface area (TPSA) is 81.2 Å².